The topological polar surface area (TPSA) is 9.23 Å². The molecule has 0 aliphatic heterocycles. The van der Waals surface area contributed by atoms with Crippen LogP contribution in [0.25, 0.3) is 0 Å². The summed E-state index contributed by atoms with van der Waals surface area (Å²) in [5.74, 6) is 1.54. The average molecular weight is 376 g/mol. The minimum absolute atomic E-state index is 0.383. The zero-order valence-corrected chi connectivity index (χ0v) is 14.7. The number of alkyl halides is 1. The molecule has 100 valence electrons. The Morgan fingerprint density at radius 3 is 2.11 bits per heavy atom. The second-order valence-electron chi connectivity index (χ2n) is 6.22. The van der Waals surface area contributed by atoms with Crippen LogP contribution in [0.4, 0.5) is 0 Å². The van der Waals surface area contributed by atoms with Gasteiger partial charge in [-0.25, -0.2) is 0 Å². The highest BCUT2D eigenvalue weighted by Crippen LogP contribution is 2.74. The molecule has 0 N–H and O–H groups in total. The fourth-order valence-electron chi connectivity index (χ4n) is 3.03. The average Bonchev–Trinajstić information content (AvgIpc) is 2.68. The van der Waals surface area contributed by atoms with Crippen LogP contribution in [-0.2, 0) is 0 Å². The van der Waals surface area contributed by atoms with Crippen LogP contribution in [0.15, 0.2) is 22.7 Å². The number of benzene rings is 1. The number of hydrogen-bond donors (Lipinski definition) is 0. The van der Waals surface area contributed by atoms with Gasteiger partial charge in [0.25, 0.3) is 0 Å². The summed E-state index contributed by atoms with van der Waals surface area (Å²) in [6.07, 6.45) is 0. The van der Waals surface area contributed by atoms with E-state index in [0.717, 1.165) is 10.2 Å². The Hall–Kier alpha value is -0.0200. The van der Waals surface area contributed by atoms with Gasteiger partial charge in [0.2, 0.25) is 0 Å². The molecule has 0 spiro atoms. The van der Waals surface area contributed by atoms with Crippen molar-refractivity contribution in [2.75, 3.05) is 7.11 Å². The number of methoxy groups -OCH3 is 1. The summed E-state index contributed by atoms with van der Waals surface area (Å²) in [5, 5.41) is 0. The highest BCUT2D eigenvalue weighted by atomic mass is 79.9. The summed E-state index contributed by atoms with van der Waals surface area (Å²) in [7, 11) is 1.69. The first-order chi connectivity index (χ1) is 8.23. The van der Waals surface area contributed by atoms with Gasteiger partial charge >= 0.3 is 0 Å². The Morgan fingerprint density at radius 2 is 1.72 bits per heavy atom. The number of ether oxygens (including phenoxy) is 1. The van der Waals surface area contributed by atoms with Crippen molar-refractivity contribution >= 4 is 31.9 Å². The van der Waals surface area contributed by atoms with E-state index in [4.69, 9.17) is 4.74 Å². The van der Waals surface area contributed by atoms with Crippen LogP contribution in [0, 0.1) is 16.7 Å². The fourth-order valence-corrected chi connectivity index (χ4v) is 5.19. The lowest BCUT2D eigenvalue weighted by Crippen LogP contribution is -1.99. The van der Waals surface area contributed by atoms with E-state index in [9.17, 15) is 0 Å². The van der Waals surface area contributed by atoms with Crippen molar-refractivity contribution in [1.29, 1.82) is 0 Å². The molecule has 0 bridgehead atoms. The van der Waals surface area contributed by atoms with E-state index in [-0.39, 0.29) is 0 Å². The predicted molar refractivity (Wildman–Crippen MR) is 83.4 cm³/mol. The van der Waals surface area contributed by atoms with E-state index in [1.165, 1.54) is 5.56 Å². The van der Waals surface area contributed by atoms with Crippen LogP contribution in [-0.4, -0.2) is 7.11 Å². The third-order valence-electron chi connectivity index (χ3n) is 4.92. The smallest absolute Gasteiger partial charge is 0.133 e. The second-order valence-corrected chi connectivity index (χ2v) is 8.06. The summed E-state index contributed by atoms with van der Waals surface area (Å²) in [6.45, 7) is 9.41. The lowest BCUT2D eigenvalue weighted by atomic mass is 10.0. The van der Waals surface area contributed by atoms with Crippen molar-refractivity contribution in [3.63, 3.8) is 0 Å². The van der Waals surface area contributed by atoms with Crippen molar-refractivity contribution in [2.45, 2.75) is 32.5 Å². The molecular weight excluding hydrogens is 356 g/mol. The Labute approximate surface area is 127 Å². The molecule has 0 amide bonds. The van der Waals surface area contributed by atoms with Crippen LogP contribution in [0.5, 0.6) is 5.75 Å². The third-order valence-corrected chi connectivity index (χ3v) is 6.60. The molecule has 1 atom stereocenters. The summed E-state index contributed by atoms with van der Waals surface area (Å²) in [6, 6.07) is 6.33. The number of hydrogen-bond acceptors (Lipinski definition) is 1. The molecular formula is C15H20Br2O. The Balaban J connectivity index is 2.26. The van der Waals surface area contributed by atoms with Gasteiger partial charge in [0.1, 0.15) is 5.75 Å². The largest absolute Gasteiger partial charge is 0.496 e. The number of rotatable bonds is 3. The van der Waals surface area contributed by atoms with Crippen molar-refractivity contribution in [3.05, 3.63) is 28.2 Å². The maximum Gasteiger partial charge on any atom is 0.133 e. The van der Waals surface area contributed by atoms with Crippen LogP contribution in [0.1, 0.15) is 38.1 Å². The zero-order chi connectivity index (χ0) is 13.7. The zero-order valence-electron chi connectivity index (χ0n) is 11.6. The fraction of sp³-hybridized carbons (Fsp3) is 0.600. The quantitative estimate of drug-likeness (QED) is 0.627. The normalized spacial score (nSPS) is 22.6. The van der Waals surface area contributed by atoms with E-state index < -0.39 is 0 Å². The molecule has 0 aromatic heterocycles. The van der Waals surface area contributed by atoms with Crippen LogP contribution in [0.2, 0.25) is 0 Å². The van der Waals surface area contributed by atoms with Gasteiger partial charge in [-0.05, 0) is 50.4 Å². The van der Waals surface area contributed by atoms with Gasteiger partial charge in [-0.1, -0.05) is 49.7 Å². The molecule has 1 aromatic carbocycles. The summed E-state index contributed by atoms with van der Waals surface area (Å²) >= 11 is 7.44. The van der Waals surface area contributed by atoms with Crippen LogP contribution < -0.4 is 4.74 Å². The van der Waals surface area contributed by atoms with Crippen LogP contribution in [0.3, 0.4) is 0 Å². The van der Waals surface area contributed by atoms with Gasteiger partial charge in [0.15, 0.2) is 0 Å². The van der Waals surface area contributed by atoms with Gasteiger partial charge in [0.05, 0.1) is 11.6 Å². The lowest BCUT2D eigenvalue weighted by Gasteiger charge is -2.14. The molecule has 1 unspecified atom stereocenters. The molecule has 0 radical (unpaired) electrons. The molecule has 0 saturated heterocycles. The van der Waals surface area contributed by atoms with Gasteiger partial charge in [-0.2, -0.15) is 0 Å². The molecule has 1 saturated carbocycles. The van der Waals surface area contributed by atoms with E-state index in [0.29, 0.717) is 21.6 Å². The summed E-state index contributed by atoms with van der Waals surface area (Å²) in [5.41, 5.74) is 2.08. The highest BCUT2D eigenvalue weighted by Gasteiger charge is 2.66. The molecule has 1 aliphatic carbocycles. The van der Waals surface area contributed by atoms with Crippen molar-refractivity contribution in [2.24, 2.45) is 16.7 Å². The SMILES string of the molecule is COc1ccc(C(Br)C2C(C)(C)C2(C)C)cc1Br. The maximum atomic E-state index is 5.28. The molecule has 18 heavy (non-hydrogen) atoms. The summed E-state index contributed by atoms with van der Waals surface area (Å²) < 4.78 is 6.29. The summed E-state index contributed by atoms with van der Waals surface area (Å²) in [4.78, 5) is 0.393. The second kappa shape index (κ2) is 4.52. The molecule has 1 aromatic rings. The molecule has 1 nitrogen and oxygen atoms in total. The van der Waals surface area contributed by atoms with Gasteiger partial charge in [-0.15, -0.1) is 0 Å². The minimum Gasteiger partial charge on any atom is -0.496 e. The lowest BCUT2D eigenvalue weighted by molar-refractivity contribution is 0.412. The minimum atomic E-state index is 0.383. The molecule has 1 fully saturated rings. The Morgan fingerprint density at radius 1 is 1.17 bits per heavy atom. The maximum absolute atomic E-state index is 5.28. The van der Waals surface area contributed by atoms with Crippen molar-refractivity contribution in [3.8, 4) is 5.75 Å². The number of halogens is 2. The Bertz CT molecular complexity index is 452. The standard InChI is InChI=1S/C15H20Br2O/c1-14(2)13(15(14,3)4)12(17)9-6-7-11(18-5)10(16)8-9/h6-8,12-13H,1-5H3. The third kappa shape index (κ3) is 2.03. The molecule has 2 rings (SSSR count). The van der Waals surface area contributed by atoms with Gasteiger partial charge < -0.3 is 4.74 Å². The first-order valence-electron chi connectivity index (χ1n) is 6.21. The highest BCUT2D eigenvalue weighted by molar-refractivity contribution is 9.10. The predicted octanol–water partition coefficient (Wildman–Crippen LogP) is 5.58. The molecule has 3 heteroatoms. The first-order valence-corrected chi connectivity index (χ1v) is 7.92. The monoisotopic (exact) mass is 374 g/mol. The van der Waals surface area contributed by atoms with E-state index in [2.05, 4.69) is 71.7 Å². The van der Waals surface area contributed by atoms with Crippen molar-refractivity contribution in [1.82, 2.24) is 0 Å². The molecule has 0 heterocycles. The first kappa shape index (κ1) is 14.4. The van der Waals surface area contributed by atoms with E-state index in [1.54, 1.807) is 7.11 Å². The van der Waals surface area contributed by atoms with Crippen LogP contribution >= 0.6 is 31.9 Å². The van der Waals surface area contributed by atoms with Crippen molar-refractivity contribution < 1.29 is 4.74 Å². The Kier molecular flexibility index (Phi) is 3.61. The van der Waals surface area contributed by atoms with E-state index in [1.807, 2.05) is 6.07 Å². The van der Waals surface area contributed by atoms with E-state index >= 15 is 0 Å². The molecule has 1 aliphatic rings. The van der Waals surface area contributed by atoms with Gasteiger partial charge in [0, 0.05) is 4.83 Å². The van der Waals surface area contributed by atoms with Gasteiger partial charge in [-0.3, -0.25) is 0 Å².